The van der Waals surface area contributed by atoms with Crippen molar-refractivity contribution in [2.45, 2.75) is 13.0 Å². The Morgan fingerprint density at radius 3 is 2.67 bits per heavy atom. The van der Waals surface area contributed by atoms with E-state index >= 15 is 0 Å². The molecule has 1 unspecified atom stereocenters. The SMILES string of the molecule is CC(N)c1cc(Cl)c(F)cc1O. The molecule has 1 atom stereocenters. The molecule has 0 aromatic heterocycles. The maximum atomic E-state index is 12.7. The lowest BCUT2D eigenvalue weighted by Crippen LogP contribution is -2.05. The largest absolute Gasteiger partial charge is 0.508 e. The van der Waals surface area contributed by atoms with E-state index in [1.54, 1.807) is 6.92 Å². The molecule has 0 aliphatic rings. The van der Waals surface area contributed by atoms with E-state index in [1.165, 1.54) is 6.07 Å². The Morgan fingerprint density at radius 1 is 1.58 bits per heavy atom. The summed E-state index contributed by atoms with van der Waals surface area (Å²) in [6, 6.07) is 1.93. The molecule has 0 saturated carbocycles. The smallest absolute Gasteiger partial charge is 0.145 e. The molecule has 0 fully saturated rings. The van der Waals surface area contributed by atoms with E-state index < -0.39 is 5.82 Å². The molecule has 12 heavy (non-hydrogen) atoms. The van der Waals surface area contributed by atoms with E-state index in [0.29, 0.717) is 5.56 Å². The van der Waals surface area contributed by atoms with Gasteiger partial charge in [0, 0.05) is 17.7 Å². The molecule has 2 nitrogen and oxygen atoms in total. The fraction of sp³-hybridized carbons (Fsp3) is 0.250. The standard InChI is InChI=1S/C8H9ClFNO/c1-4(11)5-2-6(9)7(10)3-8(5)12/h2-4,12H,11H2,1H3. The Kier molecular flexibility index (Phi) is 2.55. The molecule has 1 rings (SSSR count). The van der Waals surface area contributed by atoms with Gasteiger partial charge in [-0.2, -0.15) is 0 Å². The molecule has 0 aliphatic carbocycles. The van der Waals surface area contributed by atoms with Crippen LogP contribution in [0.1, 0.15) is 18.5 Å². The molecule has 1 aromatic carbocycles. The lowest BCUT2D eigenvalue weighted by molar-refractivity contribution is 0.457. The van der Waals surface area contributed by atoms with Crippen molar-refractivity contribution in [1.29, 1.82) is 0 Å². The van der Waals surface area contributed by atoms with Crippen LogP contribution in [0.3, 0.4) is 0 Å². The second-order valence-corrected chi connectivity index (χ2v) is 3.02. The first-order valence-electron chi connectivity index (χ1n) is 3.46. The van der Waals surface area contributed by atoms with Gasteiger partial charge >= 0.3 is 0 Å². The number of nitrogens with two attached hydrogens (primary N) is 1. The number of phenolic OH excluding ortho intramolecular Hbond substituents is 1. The summed E-state index contributed by atoms with van der Waals surface area (Å²) in [6.45, 7) is 1.68. The number of rotatable bonds is 1. The van der Waals surface area contributed by atoms with Gasteiger partial charge in [-0.15, -0.1) is 0 Å². The van der Waals surface area contributed by atoms with E-state index in [-0.39, 0.29) is 16.8 Å². The molecule has 0 bridgehead atoms. The minimum atomic E-state index is -0.640. The average Bonchev–Trinajstić information content (AvgIpc) is 1.96. The van der Waals surface area contributed by atoms with Crippen LogP contribution in [-0.4, -0.2) is 5.11 Å². The second kappa shape index (κ2) is 3.29. The maximum Gasteiger partial charge on any atom is 0.145 e. The van der Waals surface area contributed by atoms with E-state index in [1.807, 2.05) is 0 Å². The van der Waals surface area contributed by atoms with Gasteiger partial charge in [0.2, 0.25) is 0 Å². The normalized spacial score (nSPS) is 13.0. The fourth-order valence-corrected chi connectivity index (χ4v) is 1.09. The summed E-state index contributed by atoms with van der Waals surface area (Å²) in [7, 11) is 0. The summed E-state index contributed by atoms with van der Waals surface area (Å²) in [5.41, 5.74) is 5.94. The van der Waals surface area contributed by atoms with Crippen LogP contribution in [-0.2, 0) is 0 Å². The number of phenols is 1. The fourth-order valence-electron chi connectivity index (χ4n) is 0.916. The highest BCUT2D eigenvalue weighted by molar-refractivity contribution is 6.30. The highest BCUT2D eigenvalue weighted by Gasteiger charge is 2.10. The molecular formula is C8H9ClFNO. The number of aromatic hydroxyl groups is 1. The first-order valence-corrected chi connectivity index (χ1v) is 3.83. The van der Waals surface area contributed by atoms with Crippen LogP contribution in [0, 0.1) is 5.82 Å². The number of hydrogen-bond acceptors (Lipinski definition) is 2. The lowest BCUT2D eigenvalue weighted by Gasteiger charge is -2.08. The van der Waals surface area contributed by atoms with Gasteiger partial charge in [-0.25, -0.2) is 4.39 Å². The molecular weight excluding hydrogens is 181 g/mol. The average molecular weight is 190 g/mol. The van der Waals surface area contributed by atoms with Crippen molar-refractivity contribution in [3.63, 3.8) is 0 Å². The van der Waals surface area contributed by atoms with Gasteiger partial charge in [0.05, 0.1) is 5.02 Å². The van der Waals surface area contributed by atoms with Gasteiger partial charge < -0.3 is 10.8 Å². The minimum absolute atomic E-state index is 0.0277. The molecule has 3 N–H and O–H groups in total. The van der Waals surface area contributed by atoms with Crippen molar-refractivity contribution < 1.29 is 9.50 Å². The highest BCUT2D eigenvalue weighted by Crippen LogP contribution is 2.28. The third-order valence-corrected chi connectivity index (χ3v) is 1.85. The number of benzene rings is 1. The predicted molar refractivity (Wildman–Crippen MR) is 45.7 cm³/mol. The Morgan fingerprint density at radius 2 is 2.17 bits per heavy atom. The van der Waals surface area contributed by atoms with Crippen LogP contribution in [0.15, 0.2) is 12.1 Å². The monoisotopic (exact) mass is 189 g/mol. The minimum Gasteiger partial charge on any atom is -0.508 e. The molecule has 0 spiro atoms. The quantitative estimate of drug-likeness (QED) is 0.712. The van der Waals surface area contributed by atoms with Gasteiger partial charge in [0.1, 0.15) is 11.6 Å². The third kappa shape index (κ3) is 1.68. The van der Waals surface area contributed by atoms with Gasteiger partial charge in [-0.05, 0) is 13.0 Å². The Balaban J connectivity index is 3.23. The zero-order valence-corrected chi connectivity index (χ0v) is 7.27. The Labute approximate surface area is 74.8 Å². The van der Waals surface area contributed by atoms with E-state index in [0.717, 1.165) is 6.07 Å². The Hall–Kier alpha value is -0.800. The summed E-state index contributed by atoms with van der Waals surface area (Å²) in [5.74, 6) is -0.800. The Bertz CT molecular complexity index is 301. The third-order valence-electron chi connectivity index (χ3n) is 1.56. The summed E-state index contributed by atoms with van der Waals surface area (Å²) in [6.07, 6.45) is 0. The van der Waals surface area contributed by atoms with Crippen LogP contribution >= 0.6 is 11.6 Å². The summed E-state index contributed by atoms with van der Waals surface area (Å²) in [5, 5.41) is 9.18. The lowest BCUT2D eigenvalue weighted by atomic mass is 10.1. The zero-order valence-electron chi connectivity index (χ0n) is 6.51. The van der Waals surface area contributed by atoms with Gasteiger partial charge in [-0.1, -0.05) is 11.6 Å². The van der Waals surface area contributed by atoms with Crippen molar-refractivity contribution >= 4 is 11.6 Å². The molecule has 0 amide bonds. The van der Waals surface area contributed by atoms with Crippen molar-refractivity contribution in [3.05, 3.63) is 28.5 Å². The summed E-state index contributed by atoms with van der Waals surface area (Å²) in [4.78, 5) is 0. The van der Waals surface area contributed by atoms with Crippen molar-refractivity contribution in [2.24, 2.45) is 5.73 Å². The second-order valence-electron chi connectivity index (χ2n) is 2.61. The van der Waals surface area contributed by atoms with Gasteiger partial charge in [-0.3, -0.25) is 0 Å². The predicted octanol–water partition coefficient (Wildman–Crippen LogP) is 2.20. The zero-order chi connectivity index (χ0) is 9.30. The molecule has 1 aromatic rings. The van der Waals surface area contributed by atoms with E-state index in [2.05, 4.69) is 0 Å². The van der Waals surface area contributed by atoms with Crippen LogP contribution in [0.25, 0.3) is 0 Å². The van der Waals surface area contributed by atoms with Crippen molar-refractivity contribution in [1.82, 2.24) is 0 Å². The van der Waals surface area contributed by atoms with Gasteiger partial charge in [0.25, 0.3) is 0 Å². The van der Waals surface area contributed by atoms with Gasteiger partial charge in [0.15, 0.2) is 0 Å². The molecule has 0 heterocycles. The first kappa shape index (κ1) is 9.29. The van der Waals surface area contributed by atoms with Crippen LogP contribution < -0.4 is 5.73 Å². The molecule has 66 valence electrons. The summed E-state index contributed by atoms with van der Waals surface area (Å²) < 4.78 is 12.7. The summed E-state index contributed by atoms with van der Waals surface area (Å²) >= 11 is 5.49. The maximum absolute atomic E-state index is 12.7. The number of hydrogen-bond donors (Lipinski definition) is 2. The van der Waals surface area contributed by atoms with Crippen LogP contribution in [0.5, 0.6) is 5.75 Å². The van der Waals surface area contributed by atoms with Crippen LogP contribution in [0.2, 0.25) is 5.02 Å². The highest BCUT2D eigenvalue weighted by atomic mass is 35.5. The molecule has 0 radical (unpaired) electrons. The van der Waals surface area contributed by atoms with Crippen molar-refractivity contribution in [3.8, 4) is 5.75 Å². The molecule has 0 aliphatic heterocycles. The van der Waals surface area contributed by atoms with E-state index in [4.69, 9.17) is 17.3 Å². The van der Waals surface area contributed by atoms with Crippen LogP contribution in [0.4, 0.5) is 4.39 Å². The van der Waals surface area contributed by atoms with E-state index in [9.17, 15) is 9.50 Å². The first-order chi connectivity index (χ1) is 5.52. The topological polar surface area (TPSA) is 46.2 Å². The number of halogens is 2. The molecule has 4 heteroatoms. The van der Waals surface area contributed by atoms with Crippen molar-refractivity contribution in [2.75, 3.05) is 0 Å². The molecule has 0 saturated heterocycles.